The van der Waals surface area contributed by atoms with Crippen molar-refractivity contribution in [3.05, 3.63) is 58.9 Å². The van der Waals surface area contributed by atoms with E-state index in [0.717, 1.165) is 6.07 Å². The molecule has 0 fully saturated rings. The van der Waals surface area contributed by atoms with E-state index < -0.39 is 44.7 Å². The van der Waals surface area contributed by atoms with Crippen LogP contribution in [0.5, 0.6) is 11.5 Å². The molecule has 0 saturated heterocycles. The molecule has 0 heterocycles. The Hall–Kier alpha value is -2.55. The standard InChI is InChI=1S/C15H12F3NO4S/c1-8-5-9(3-4-11(8)16)23-14-7-12(17)10(6-13(14)18)15(20)19-24(2,21)22/h3-7H,1-2H3,(H,19,20). The van der Waals surface area contributed by atoms with Crippen LogP contribution in [0.2, 0.25) is 0 Å². The first-order valence-corrected chi connectivity index (χ1v) is 8.41. The van der Waals surface area contributed by atoms with Crippen LogP contribution in [0.3, 0.4) is 0 Å². The van der Waals surface area contributed by atoms with E-state index >= 15 is 0 Å². The van der Waals surface area contributed by atoms with E-state index in [-0.39, 0.29) is 11.3 Å². The second-order valence-corrected chi connectivity index (χ2v) is 6.73. The number of rotatable bonds is 4. The SMILES string of the molecule is Cc1cc(Oc2cc(F)c(C(=O)NS(C)(=O)=O)cc2F)ccc1F. The number of hydrogen-bond donors (Lipinski definition) is 1. The maximum Gasteiger partial charge on any atom is 0.267 e. The summed E-state index contributed by atoms with van der Waals surface area (Å²) >= 11 is 0. The summed E-state index contributed by atoms with van der Waals surface area (Å²) < 4.78 is 69.7. The highest BCUT2D eigenvalue weighted by Crippen LogP contribution is 2.28. The van der Waals surface area contributed by atoms with Crippen molar-refractivity contribution in [1.82, 2.24) is 4.72 Å². The molecular formula is C15H12F3NO4S. The molecule has 1 N–H and O–H groups in total. The number of carbonyl (C=O) groups is 1. The van der Waals surface area contributed by atoms with Gasteiger partial charge >= 0.3 is 0 Å². The van der Waals surface area contributed by atoms with Crippen molar-refractivity contribution in [2.75, 3.05) is 6.26 Å². The minimum atomic E-state index is -3.92. The van der Waals surface area contributed by atoms with Crippen molar-refractivity contribution in [3.63, 3.8) is 0 Å². The molecule has 2 aromatic carbocycles. The molecule has 0 unspecified atom stereocenters. The van der Waals surface area contributed by atoms with Crippen molar-refractivity contribution in [2.24, 2.45) is 0 Å². The van der Waals surface area contributed by atoms with E-state index in [4.69, 9.17) is 4.74 Å². The lowest BCUT2D eigenvalue weighted by Gasteiger charge is -2.10. The van der Waals surface area contributed by atoms with Gasteiger partial charge in [-0.05, 0) is 36.8 Å². The van der Waals surface area contributed by atoms with Crippen LogP contribution in [0.25, 0.3) is 0 Å². The molecule has 1 amide bonds. The lowest BCUT2D eigenvalue weighted by molar-refractivity contribution is 0.0977. The summed E-state index contributed by atoms with van der Waals surface area (Å²) in [4.78, 5) is 11.6. The Labute approximate surface area is 136 Å². The highest BCUT2D eigenvalue weighted by Gasteiger charge is 2.20. The largest absolute Gasteiger partial charge is 0.454 e. The van der Waals surface area contributed by atoms with Gasteiger partial charge in [-0.15, -0.1) is 0 Å². The fourth-order valence-electron chi connectivity index (χ4n) is 1.81. The first kappa shape index (κ1) is 17.8. The van der Waals surface area contributed by atoms with Crippen molar-refractivity contribution < 1.29 is 31.1 Å². The van der Waals surface area contributed by atoms with Gasteiger partial charge in [-0.3, -0.25) is 4.79 Å². The van der Waals surface area contributed by atoms with Crippen LogP contribution in [-0.4, -0.2) is 20.6 Å². The van der Waals surface area contributed by atoms with Crippen LogP contribution in [0, 0.1) is 24.4 Å². The summed E-state index contributed by atoms with van der Waals surface area (Å²) in [6, 6.07) is 4.74. The fourth-order valence-corrected chi connectivity index (χ4v) is 2.26. The van der Waals surface area contributed by atoms with Crippen molar-refractivity contribution in [1.29, 1.82) is 0 Å². The summed E-state index contributed by atoms with van der Waals surface area (Å²) in [5, 5.41) is 0. The predicted octanol–water partition coefficient (Wildman–Crippen LogP) is 2.89. The lowest BCUT2D eigenvalue weighted by atomic mass is 10.2. The third-order valence-corrected chi connectivity index (χ3v) is 3.46. The van der Waals surface area contributed by atoms with Gasteiger partial charge < -0.3 is 4.74 Å². The van der Waals surface area contributed by atoms with Crippen molar-refractivity contribution in [2.45, 2.75) is 6.92 Å². The molecule has 0 aliphatic rings. The quantitative estimate of drug-likeness (QED) is 0.911. The Balaban J connectivity index is 2.32. The zero-order valence-electron chi connectivity index (χ0n) is 12.6. The van der Waals surface area contributed by atoms with Gasteiger partial charge in [0.1, 0.15) is 17.4 Å². The molecule has 2 aromatic rings. The van der Waals surface area contributed by atoms with Gasteiger partial charge in [-0.2, -0.15) is 0 Å². The van der Waals surface area contributed by atoms with Gasteiger partial charge in [0.15, 0.2) is 11.6 Å². The Morgan fingerprint density at radius 3 is 2.29 bits per heavy atom. The predicted molar refractivity (Wildman–Crippen MR) is 79.9 cm³/mol. The van der Waals surface area contributed by atoms with E-state index in [1.807, 2.05) is 0 Å². The van der Waals surface area contributed by atoms with Gasteiger partial charge in [0.2, 0.25) is 10.0 Å². The van der Waals surface area contributed by atoms with E-state index in [1.165, 1.54) is 23.8 Å². The molecule has 2 rings (SSSR count). The van der Waals surface area contributed by atoms with Gasteiger partial charge in [0.05, 0.1) is 11.8 Å². The maximum atomic E-state index is 14.0. The highest BCUT2D eigenvalue weighted by molar-refractivity contribution is 7.89. The molecule has 0 radical (unpaired) electrons. The fraction of sp³-hybridized carbons (Fsp3) is 0.133. The van der Waals surface area contributed by atoms with Gasteiger partial charge in [-0.25, -0.2) is 26.3 Å². The Morgan fingerprint density at radius 1 is 1.04 bits per heavy atom. The minimum absolute atomic E-state index is 0.0699. The lowest BCUT2D eigenvalue weighted by Crippen LogP contribution is -2.30. The smallest absolute Gasteiger partial charge is 0.267 e. The zero-order chi connectivity index (χ0) is 18.1. The molecule has 0 atom stereocenters. The van der Waals surface area contributed by atoms with E-state index in [1.54, 1.807) is 0 Å². The van der Waals surface area contributed by atoms with Gasteiger partial charge in [0.25, 0.3) is 5.91 Å². The number of aryl methyl sites for hydroxylation is 1. The average Bonchev–Trinajstić information content (AvgIpc) is 2.44. The normalized spacial score (nSPS) is 11.2. The maximum absolute atomic E-state index is 14.0. The van der Waals surface area contributed by atoms with Crippen LogP contribution in [0.15, 0.2) is 30.3 Å². The number of ether oxygens (including phenoxy) is 1. The van der Waals surface area contributed by atoms with Gasteiger partial charge in [-0.1, -0.05) is 0 Å². The average molecular weight is 359 g/mol. The Kier molecular flexibility index (Phi) is 4.83. The molecule has 0 aromatic heterocycles. The monoisotopic (exact) mass is 359 g/mol. The molecule has 128 valence electrons. The van der Waals surface area contributed by atoms with Gasteiger partial charge in [0, 0.05) is 6.07 Å². The zero-order valence-corrected chi connectivity index (χ0v) is 13.4. The van der Waals surface area contributed by atoms with Crippen molar-refractivity contribution >= 4 is 15.9 Å². The molecule has 0 saturated carbocycles. The van der Waals surface area contributed by atoms with Crippen LogP contribution in [-0.2, 0) is 10.0 Å². The molecule has 0 spiro atoms. The number of halogens is 3. The Morgan fingerprint density at radius 2 is 1.71 bits per heavy atom. The molecule has 24 heavy (non-hydrogen) atoms. The third-order valence-electron chi connectivity index (χ3n) is 2.90. The van der Waals surface area contributed by atoms with Crippen LogP contribution in [0.4, 0.5) is 13.2 Å². The number of hydrogen-bond acceptors (Lipinski definition) is 4. The van der Waals surface area contributed by atoms with E-state index in [9.17, 15) is 26.4 Å². The van der Waals surface area contributed by atoms with E-state index in [2.05, 4.69) is 0 Å². The molecule has 0 aliphatic carbocycles. The second-order valence-electron chi connectivity index (χ2n) is 4.98. The number of nitrogens with one attached hydrogen (secondary N) is 1. The van der Waals surface area contributed by atoms with Crippen molar-refractivity contribution in [3.8, 4) is 11.5 Å². The third kappa shape index (κ3) is 4.25. The van der Waals surface area contributed by atoms with E-state index in [0.29, 0.717) is 18.4 Å². The minimum Gasteiger partial charge on any atom is -0.454 e. The number of amides is 1. The molecule has 5 nitrogen and oxygen atoms in total. The molecule has 0 bridgehead atoms. The van der Waals surface area contributed by atoms with Crippen LogP contribution < -0.4 is 9.46 Å². The summed E-state index contributed by atoms with van der Waals surface area (Å²) in [6.45, 7) is 1.47. The highest BCUT2D eigenvalue weighted by atomic mass is 32.2. The summed E-state index contributed by atoms with van der Waals surface area (Å²) in [5.74, 6) is -4.52. The molecule has 9 heteroatoms. The first-order chi connectivity index (χ1) is 11.1. The first-order valence-electron chi connectivity index (χ1n) is 6.52. The number of benzene rings is 2. The molecule has 0 aliphatic heterocycles. The second kappa shape index (κ2) is 6.52. The number of carbonyl (C=O) groups excluding carboxylic acids is 1. The summed E-state index contributed by atoms with van der Waals surface area (Å²) in [6.07, 6.45) is 0.702. The topological polar surface area (TPSA) is 72.5 Å². The van der Waals surface area contributed by atoms with Crippen LogP contribution in [0.1, 0.15) is 15.9 Å². The summed E-state index contributed by atoms with van der Waals surface area (Å²) in [7, 11) is -3.92. The summed E-state index contributed by atoms with van der Waals surface area (Å²) in [5.41, 5.74) is -0.543. The molecular weight excluding hydrogens is 347 g/mol. The number of sulfonamides is 1. The van der Waals surface area contributed by atoms with Crippen LogP contribution >= 0.6 is 0 Å². The Bertz CT molecular complexity index is 913.